The fraction of sp³-hybridized carbons (Fsp3) is 0.500. The van der Waals surface area contributed by atoms with E-state index in [9.17, 15) is 9.18 Å². The van der Waals surface area contributed by atoms with E-state index in [1.54, 1.807) is 12.1 Å². The van der Waals surface area contributed by atoms with Gasteiger partial charge in [0.1, 0.15) is 5.82 Å². The number of hydrogen-bond donors (Lipinski definition) is 1. The van der Waals surface area contributed by atoms with Gasteiger partial charge in [-0.15, -0.1) is 0 Å². The molecule has 0 spiro atoms. The molecular formula is C14H17BrFNO. The Morgan fingerprint density at radius 3 is 2.61 bits per heavy atom. The first-order valence-corrected chi connectivity index (χ1v) is 7.12. The molecule has 1 amide bonds. The van der Waals surface area contributed by atoms with E-state index in [-0.39, 0.29) is 17.5 Å². The van der Waals surface area contributed by atoms with Crippen LogP contribution in [0.15, 0.2) is 22.7 Å². The lowest BCUT2D eigenvalue weighted by molar-refractivity contribution is 0.0918. The molecule has 0 atom stereocenters. The molecular weight excluding hydrogens is 297 g/mol. The molecule has 0 aliphatic heterocycles. The standard InChI is InChI=1S/C14H17BrFNO/c1-9-5-7-10(8-6-9)17-14(18)13-11(15)3-2-4-12(13)16/h2-4,9-10H,5-8H2,1H3,(H,17,18). The summed E-state index contributed by atoms with van der Waals surface area (Å²) >= 11 is 3.22. The monoisotopic (exact) mass is 313 g/mol. The van der Waals surface area contributed by atoms with Gasteiger partial charge >= 0.3 is 0 Å². The largest absolute Gasteiger partial charge is 0.349 e. The molecule has 2 nitrogen and oxygen atoms in total. The molecule has 98 valence electrons. The Hall–Kier alpha value is -0.900. The zero-order chi connectivity index (χ0) is 13.1. The van der Waals surface area contributed by atoms with Crippen LogP contribution in [0.2, 0.25) is 0 Å². The SMILES string of the molecule is CC1CCC(NC(=O)c2c(F)cccc2Br)CC1. The van der Waals surface area contributed by atoms with Crippen molar-refractivity contribution in [3.05, 3.63) is 34.1 Å². The molecule has 4 heteroatoms. The molecule has 0 bridgehead atoms. The van der Waals surface area contributed by atoms with Crippen molar-refractivity contribution in [1.82, 2.24) is 5.32 Å². The Balaban J connectivity index is 2.04. The number of halogens is 2. The number of nitrogens with one attached hydrogen (secondary N) is 1. The van der Waals surface area contributed by atoms with Crippen LogP contribution in [0.5, 0.6) is 0 Å². The highest BCUT2D eigenvalue weighted by Gasteiger charge is 2.22. The minimum absolute atomic E-state index is 0.108. The van der Waals surface area contributed by atoms with Gasteiger partial charge in [0.25, 0.3) is 5.91 Å². The molecule has 0 saturated heterocycles. The van der Waals surface area contributed by atoms with Gasteiger partial charge in [0.05, 0.1) is 5.56 Å². The van der Waals surface area contributed by atoms with Crippen LogP contribution in [0.4, 0.5) is 4.39 Å². The van der Waals surface area contributed by atoms with Crippen LogP contribution in [0.1, 0.15) is 43.0 Å². The highest BCUT2D eigenvalue weighted by Crippen LogP contribution is 2.25. The summed E-state index contributed by atoms with van der Waals surface area (Å²) < 4.78 is 14.1. The third-order valence-corrected chi connectivity index (χ3v) is 4.20. The second-order valence-corrected chi connectivity index (χ2v) is 5.88. The lowest BCUT2D eigenvalue weighted by atomic mass is 9.87. The number of carbonyl (C=O) groups excluding carboxylic acids is 1. The Morgan fingerprint density at radius 1 is 1.33 bits per heavy atom. The van der Waals surface area contributed by atoms with Gasteiger partial charge in [-0.25, -0.2) is 4.39 Å². The normalized spacial score (nSPS) is 23.7. The van der Waals surface area contributed by atoms with Gasteiger partial charge in [0.15, 0.2) is 0 Å². The molecule has 1 aliphatic carbocycles. The maximum atomic E-state index is 13.6. The van der Waals surface area contributed by atoms with Crippen molar-refractivity contribution in [3.8, 4) is 0 Å². The van der Waals surface area contributed by atoms with E-state index in [4.69, 9.17) is 0 Å². The highest BCUT2D eigenvalue weighted by atomic mass is 79.9. The average molecular weight is 314 g/mol. The first-order chi connectivity index (χ1) is 8.58. The zero-order valence-electron chi connectivity index (χ0n) is 10.4. The van der Waals surface area contributed by atoms with Crippen LogP contribution in [-0.2, 0) is 0 Å². The number of amides is 1. The fourth-order valence-corrected chi connectivity index (χ4v) is 2.90. The predicted molar refractivity (Wildman–Crippen MR) is 73.0 cm³/mol. The van der Waals surface area contributed by atoms with E-state index >= 15 is 0 Å². The van der Waals surface area contributed by atoms with Crippen molar-refractivity contribution >= 4 is 21.8 Å². The van der Waals surface area contributed by atoms with Crippen molar-refractivity contribution in [1.29, 1.82) is 0 Å². The van der Waals surface area contributed by atoms with Gasteiger partial charge in [-0.3, -0.25) is 4.79 Å². The molecule has 1 aromatic carbocycles. The van der Waals surface area contributed by atoms with Gasteiger partial charge in [0.2, 0.25) is 0 Å². The summed E-state index contributed by atoms with van der Waals surface area (Å²) in [5.74, 6) is -0.0658. The molecule has 0 unspecified atom stereocenters. The van der Waals surface area contributed by atoms with E-state index in [0.29, 0.717) is 4.47 Å². The van der Waals surface area contributed by atoms with Crippen molar-refractivity contribution in [2.75, 3.05) is 0 Å². The summed E-state index contributed by atoms with van der Waals surface area (Å²) in [6.45, 7) is 2.23. The Bertz CT molecular complexity index is 421. The topological polar surface area (TPSA) is 29.1 Å². The maximum Gasteiger partial charge on any atom is 0.255 e. The van der Waals surface area contributed by atoms with Crippen molar-refractivity contribution in [2.45, 2.75) is 38.6 Å². The minimum atomic E-state index is -0.481. The Labute approximate surface area is 115 Å². The van der Waals surface area contributed by atoms with Crippen molar-refractivity contribution in [3.63, 3.8) is 0 Å². The summed E-state index contributed by atoms with van der Waals surface area (Å²) in [5, 5.41) is 2.93. The fourth-order valence-electron chi connectivity index (χ4n) is 2.38. The van der Waals surface area contributed by atoms with E-state index in [1.807, 2.05) is 0 Å². The predicted octanol–water partition coefficient (Wildman–Crippen LogP) is 3.90. The van der Waals surface area contributed by atoms with Crippen LogP contribution in [0, 0.1) is 11.7 Å². The van der Waals surface area contributed by atoms with Crippen molar-refractivity contribution < 1.29 is 9.18 Å². The van der Waals surface area contributed by atoms with E-state index in [1.165, 1.54) is 6.07 Å². The first-order valence-electron chi connectivity index (χ1n) is 6.33. The van der Waals surface area contributed by atoms with Crippen molar-refractivity contribution in [2.24, 2.45) is 5.92 Å². The third-order valence-electron chi connectivity index (χ3n) is 3.54. The van der Waals surface area contributed by atoms with Gasteiger partial charge in [-0.1, -0.05) is 13.0 Å². The van der Waals surface area contributed by atoms with Gasteiger partial charge in [-0.2, -0.15) is 0 Å². The van der Waals surface area contributed by atoms with Crippen LogP contribution in [0.25, 0.3) is 0 Å². The number of carbonyl (C=O) groups is 1. The minimum Gasteiger partial charge on any atom is -0.349 e. The summed E-state index contributed by atoms with van der Waals surface area (Å²) in [6.07, 6.45) is 4.23. The molecule has 1 N–H and O–H groups in total. The summed E-state index contributed by atoms with van der Waals surface area (Å²) in [6, 6.07) is 4.75. The van der Waals surface area contributed by atoms with Gasteiger partial charge in [0, 0.05) is 10.5 Å². The molecule has 18 heavy (non-hydrogen) atoms. The highest BCUT2D eigenvalue weighted by molar-refractivity contribution is 9.10. The van der Waals surface area contributed by atoms with Crippen LogP contribution in [-0.4, -0.2) is 11.9 Å². The van der Waals surface area contributed by atoms with Crippen LogP contribution in [0.3, 0.4) is 0 Å². The lowest BCUT2D eigenvalue weighted by Gasteiger charge is -2.27. The smallest absolute Gasteiger partial charge is 0.255 e. The average Bonchev–Trinajstić information content (AvgIpc) is 2.32. The summed E-state index contributed by atoms with van der Waals surface area (Å²) in [4.78, 5) is 12.1. The number of benzene rings is 1. The van der Waals surface area contributed by atoms with Gasteiger partial charge < -0.3 is 5.32 Å². The maximum absolute atomic E-state index is 13.6. The second-order valence-electron chi connectivity index (χ2n) is 5.03. The molecule has 2 rings (SSSR count). The number of hydrogen-bond acceptors (Lipinski definition) is 1. The van der Waals surface area contributed by atoms with E-state index in [0.717, 1.165) is 31.6 Å². The molecule has 1 saturated carbocycles. The molecule has 1 aliphatic rings. The van der Waals surface area contributed by atoms with Crippen LogP contribution >= 0.6 is 15.9 Å². The second kappa shape index (κ2) is 5.83. The molecule has 1 fully saturated rings. The van der Waals surface area contributed by atoms with E-state index in [2.05, 4.69) is 28.2 Å². The Morgan fingerprint density at radius 2 is 2.00 bits per heavy atom. The van der Waals surface area contributed by atoms with Crippen LogP contribution < -0.4 is 5.32 Å². The molecule has 0 aromatic heterocycles. The third kappa shape index (κ3) is 3.10. The summed E-state index contributed by atoms with van der Waals surface area (Å²) in [5.41, 5.74) is 0.108. The molecule has 0 heterocycles. The zero-order valence-corrected chi connectivity index (χ0v) is 12.0. The lowest BCUT2D eigenvalue weighted by Crippen LogP contribution is -2.37. The van der Waals surface area contributed by atoms with Gasteiger partial charge in [-0.05, 0) is 59.7 Å². The molecule has 1 aromatic rings. The van der Waals surface area contributed by atoms with E-state index < -0.39 is 5.82 Å². The first kappa shape index (κ1) is 13.5. The number of rotatable bonds is 2. The Kier molecular flexibility index (Phi) is 4.38. The summed E-state index contributed by atoms with van der Waals surface area (Å²) in [7, 11) is 0. The molecule has 0 radical (unpaired) electrons. The quantitative estimate of drug-likeness (QED) is 0.881.